The van der Waals surface area contributed by atoms with Gasteiger partial charge in [0.05, 0.1) is 0 Å². The number of carbonyl (C=O) groups is 3. The predicted molar refractivity (Wildman–Crippen MR) is 66.0 cm³/mol. The van der Waals surface area contributed by atoms with E-state index in [0.29, 0.717) is 12.6 Å². The van der Waals surface area contributed by atoms with Crippen LogP contribution in [0.1, 0.15) is 5.56 Å². The fourth-order valence-electron chi connectivity index (χ4n) is 1.22. The van der Waals surface area contributed by atoms with E-state index in [9.17, 15) is 14.4 Å². The van der Waals surface area contributed by atoms with Gasteiger partial charge in [-0.2, -0.15) is 0 Å². The highest BCUT2D eigenvalue weighted by atomic mass is 16.4. The van der Waals surface area contributed by atoms with Crippen molar-refractivity contribution < 1.29 is 19.5 Å². The molecule has 1 rings (SSSR count). The van der Waals surface area contributed by atoms with Gasteiger partial charge in [0.1, 0.15) is 0 Å². The van der Waals surface area contributed by atoms with Gasteiger partial charge in [-0.25, -0.2) is 9.59 Å². The van der Waals surface area contributed by atoms with Crippen molar-refractivity contribution in [3.05, 3.63) is 42.2 Å². The summed E-state index contributed by atoms with van der Waals surface area (Å²) in [5.41, 5.74) is 0.862. The standard InChI is InChI=1S/C12H13N3O4/c1-15(8-9-4-6-13-7-5-9)12(19)14-10(16)2-3-11(17)18/h2-7H,8H2,1H3,(H,17,18)(H,14,16,19)/b3-2+. The Morgan fingerprint density at radius 1 is 1.32 bits per heavy atom. The van der Waals surface area contributed by atoms with Crippen molar-refractivity contribution in [1.82, 2.24) is 15.2 Å². The summed E-state index contributed by atoms with van der Waals surface area (Å²) in [7, 11) is 1.52. The molecule has 0 aromatic carbocycles. The van der Waals surface area contributed by atoms with E-state index < -0.39 is 17.9 Å². The Hall–Kier alpha value is -2.70. The minimum absolute atomic E-state index is 0.310. The first-order valence-electron chi connectivity index (χ1n) is 5.35. The van der Waals surface area contributed by atoms with Crippen LogP contribution < -0.4 is 5.32 Å². The van der Waals surface area contributed by atoms with Crippen LogP contribution in [-0.4, -0.2) is 39.9 Å². The van der Waals surface area contributed by atoms with Crippen LogP contribution >= 0.6 is 0 Å². The summed E-state index contributed by atoms with van der Waals surface area (Å²) in [5.74, 6) is -2.04. The van der Waals surface area contributed by atoms with E-state index in [2.05, 4.69) is 4.98 Å². The highest BCUT2D eigenvalue weighted by Crippen LogP contribution is 2.00. The molecule has 3 amide bonds. The van der Waals surface area contributed by atoms with Crippen LogP contribution in [0.3, 0.4) is 0 Å². The number of nitrogens with one attached hydrogen (secondary N) is 1. The molecule has 1 aromatic heterocycles. The first-order chi connectivity index (χ1) is 8.99. The molecule has 0 saturated heterocycles. The molecule has 0 fully saturated rings. The Kier molecular flexibility index (Phi) is 5.21. The third kappa shape index (κ3) is 5.44. The van der Waals surface area contributed by atoms with Crippen LogP contribution in [0.5, 0.6) is 0 Å². The molecule has 0 saturated carbocycles. The van der Waals surface area contributed by atoms with Crippen LogP contribution in [-0.2, 0) is 16.1 Å². The minimum Gasteiger partial charge on any atom is -0.478 e. The average molecular weight is 263 g/mol. The molecule has 0 atom stereocenters. The monoisotopic (exact) mass is 263 g/mol. The van der Waals surface area contributed by atoms with Crippen LogP contribution in [0.25, 0.3) is 0 Å². The number of aromatic nitrogens is 1. The van der Waals surface area contributed by atoms with E-state index in [-0.39, 0.29) is 0 Å². The van der Waals surface area contributed by atoms with Crippen molar-refractivity contribution in [2.75, 3.05) is 7.05 Å². The summed E-state index contributed by atoms with van der Waals surface area (Å²) in [4.78, 5) is 38.1. The topological polar surface area (TPSA) is 99.6 Å². The van der Waals surface area contributed by atoms with Gasteiger partial charge in [0, 0.05) is 38.1 Å². The molecule has 0 spiro atoms. The van der Waals surface area contributed by atoms with Crippen LogP contribution in [0.4, 0.5) is 4.79 Å². The SMILES string of the molecule is CN(Cc1ccncc1)C(=O)NC(=O)/C=C/C(=O)O. The van der Waals surface area contributed by atoms with Crippen LogP contribution in [0.15, 0.2) is 36.7 Å². The van der Waals surface area contributed by atoms with E-state index in [1.54, 1.807) is 24.5 Å². The number of carboxylic acid groups (broad SMARTS) is 1. The summed E-state index contributed by atoms with van der Waals surface area (Å²) >= 11 is 0. The van der Waals surface area contributed by atoms with Gasteiger partial charge in [-0.1, -0.05) is 0 Å². The zero-order chi connectivity index (χ0) is 14.3. The van der Waals surface area contributed by atoms with E-state index in [1.165, 1.54) is 11.9 Å². The lowest BCUT2D eigenvalue weighted by Gasteiger charge is -2.16. The third-order valence-electron chi connectivity index (χ3n) is 2.12. The number of aliphatic carboxylic acids is 1. The molecule has 7 nitrogen and oxygen atoms in total. The van der Waals surface area contributed by atoms with Gasteiger partial charge >= 0.3 is 12.0 Å². The zero-order valence-corrected chi connectivity index (χ0v) is 10.2. The first kappa shape index (κ1) is 14.4. The maximum absolute atomic E-state index is 11.6. The lowest BCUT2D eigenvalue weighted by molar-refractivity contribution is -0.131. The number of pyridine rings is 1. The van der Waals surface area contributed by atoms with Gasteiger partial charge in [-0.15, -0.1) is 0 Å². The molecule has 100 valence electrons. The molecule has 0 bridgehead atoms. The quantitative estimate of drug-likeness (QED) is 0.765. The van der Waals surface area contributed by atoms with Crippen molar-refractivity contribution in [2.45, 2.75) is 6.54 Å². The second kappa shape index (κ2) is 6.90. The van der Waals surface area contributed by atoms with Crippen molar-refractivity contribution in [3.63, 3.8) is 0 Å². The molecule has 0 aliphatic heterocycles. The molecule has 0 aliphatic rings. The van der Waals surface area contributed by atoms with Gasteiger partial charge in [0.15, 0.2) is 0 Å². The molecule has 0 unspecified atom stereocenters. The van der Waals surface area contributed by atoms with Gasteiger partial charge < -0.3 is 10.0 Å². The molecule has 7 heteroatoms. The van der Waals surface area contributed by atoms with E-state index in [1.807, 2.05) is 5.32 Å². The van der Waals surface area contributed by atoms with Gasteiger partial charge in [-0.05, 0) is 17.7 Å². The number of carbonyl (C=O) groups excluding carboxylic acids is 2. The van der Waals surface area contributed by atoms with Crippen molar-refractivity contribution >= 4 is 17.9 Å². The summed E-state index contributed by atoms with van der Waals surface area (Å²) in [5, 5.41) is 10.4. The highest BCUT2D eigenvalue weighted by molar-refractivity contribution is 6.02. The van der Waals surface area contributed by atoms with Crippen molar-refractivity contribution in [2.24, 2.45) is 0 Å². The Bertz CT molecular complexity index is 499. The normalized spacial score (nSPS) is 10.2. The predicted octanol–water partition coefficient (Wildman–Crippen LogP) is 0.390. The number of amides is 3. The summed E-state index contributed by atoms with van der Waals surface area (Å²) in [6.07, 6.45) is 4.63. The molecule has 1 aromatic rings. The number of nitrogens with zero attached hydrogens (tertiary/aromatic N) is 2. The van der Waals surface area contributed by atoms with Crippen LogP contribution in [0, 0.1) is 0 Å². The number of urea groups is 1. The van der Waals surface area contributed by atoms with E-state index >= 15 is 0 Å². The zero-order valence-electron chi connectivity index (χ0n) is 10.2. The number of carboxylic acids is 1. The van der Waals surface area contributed by atoms with E-state index in [4.69, 9.17) is 5.11 Å². The lowest BCUT2D eigenvalue weighted by atomic mass is 10.2. The second-order valence-corrected chi connectivity index (χ2v) is 3.68. The fraction of sp³-hybridized carbons (Fsp3) is 0.167. The molecule has 0 aliphatic carbocycles. The number of imide groups is 1. The van der Waals surface area contributed by atoms with Crippen molar-refractivity contribution in [3.8, 4) is 0 Å². The summed E-state index contributed by atoms with van der Waals surface area (Å²) in [6.45, 7) is 0.310. The number of hydrogen-bond acceptors (Lipinski definition) is 4. The molecule has 2 N–H and O–H groups in total. The van der Waals surface area contributed by atoms with E-state index in [0.717, 1.165) is 11.6 Å². The largest absolute Gasteiger partial charge is 0.478 e. The van der Waals surface area contributed by atoms with Crippen LogP contribution in [0.2, 0.25) is 0 Å². The van der Waals surface area contributed by atoms with Crippen molar-refractivity contribution in [1.29, 1.82) is 0 Å². The molecular formula is C12H13N3O4. The Morgan fingerprint density at radius 3 is 2.53 bits per heavy atom. The van der Waals surface area contributed by atoms with Gasteiger partial charge in [0.2, 0.25) is 0 Å². The highest BCUT2D eigenvalue weighted by Gasteiger charge is 2.11. The molecular weight excluding hydrogens is 250 g/mol. The second-order valence-electron chi connectivity index (χ2n) is 3.68. The first-order valence-corrected chi connectivity index (χ1v) is 5.35. The average Bonchev–Trinajstić information content (AvgIpc) is 2.37. The Balaban J connectivity index is 2.49. The minimum atomic E-state index is -1.26. The Morgan fingerprint density at radius 2 is 1.95 bits per heavy atom. The maximum Gasteiger partial charge on any atom is 0.328 e. The summed E-state index contributed by atoms with van der Waals surface area (Å²) in [6, 6.07) is 2.88. The summed E-state index contributed by atoms with van der Waals surface area (Å²) < 4.78 is 0. The number of rotatable bonds is 4. The fourth-order valence-corrected chi connectivity index (χ4v) is 1.22. The third-order valence-corrected chi connectivity index (χ3v) is 2.12. The van der Waals surface area contributed by atoms with Gasteiger partial charge in [-0.3, -0.25) is 15.1 Å². The smallest absolute Gasteiger partial charge is 0.328 e. The lowest BCUT2D eigenvalue weighted by Crippen LogP contribution is -2.39. The Labute approximate surface area is 109 Å². The van der Waals surface area contributed by atoms with Gasteiger partial charge in [0.25, 0.3) is 5.91 Å². The molecule has 0 radical (unpaired) electrons. The molecule has 19 heavy (non-hydrogen) atoms. The number of hydrogen-bond donors (Lipinski definition) is 2. The molecule has 1 heterocycles. The maximum atomic E-state index is 11.6.